The van der Waals surface area contributed by atoms with Crippen molar-refractivity contribution >= 4 is 27.4 Å². The van der Waals surface area contributed by atoms with Gasteiger partial charge in [-0.05, 0) is 73.2 Å². The number of carbonyl (C=O) groups is 2. The molecule has 0 unspecified atom stereocenters. The number of carbonyl (C=O) groups excluding carboxylic acids is 2. The Labute approximate surface area is 286 Å². The molecular formula is C34H37F5N2O8S. The van der Waals surface area contributed by atoms with Crippen molar-refractivity contribution in [3.63, 3.8) is 0 Å². The maximum atomic E-state index is 13.4. The van der Waals surface area contributed by atoms with Crippen LogP contribution in [-0.2, 0) is 35.0 Å². The van der Waals surface area contributed by atoms with Gasteiger partial charge in [0.15, 0.2) is 9.84 Å². The first kappa shape index (κ1) is 38.5. The van der Waals surface area contributed by atoms with Crippen LogP contribution in [0.25, 0.3) is 0 Å². The van der Waals surface area contributed by atoms with Crippen molar-refractivity contribution in [2.24, 2.45) is 0 Å². The predicted octanol–water partition coefficient (Wildman–Crippen LogP) is 5.82. The van der Waals surface area contributed by atoms with Gasteiger partial charge in [-0.3, -0.25) is 4.79 Å². The Balaban J connectivity index is 1.47. The summed E-state index contributed by atoms with van der Waals surface area (Å²) >= 11 is 0. The molecule has 1 aliphatic heterocycles. The fourth-order valence-electron chi connectivity index (χ4n) is 5.34. The number of amides is 1. The minimum atomic E-state index is -4.51. The van der Waals surface area contributed by atoms with Crippen molar-refractivity contribution < 1.29 is 58.9 Å². The molecule has 1 aliphatic rings. The fourth-order valence-corrected chi connectivity index (χ4v) is 6.22. The van der Waals surface area contributed by atoms with Crippen LogP contribution in [-0.4, -0.2) is 77.8 Å². The molecule has 10 nitrogen and oxygen atoms in total. The van der Waals surface area contributed by atoms with Crippen LogP contribution in [0.5, 0.6) is 5.75 Å². The molecule has 0 spiro atoms. The lowest BCUT2D eigenvalue weighted by molar-refractivity contribution is -0.148. The van der Waals surface area contributed by atoms with Crippen LogP contribution in [0.4, 0.5) is 27.6 Å². The van der Waals surface area contributed by atoms with E-state index in [2.05, 4.69) is 10.1 Å². The number of hydrogen-bond acceptors (Lipinski definition) is 9. The molecule has 0 aromatic heterocycles. The Morgan fingerprint density at radius 2 is 1.62 bits per heavy atom. The number of anilines is 1. The highest BCUT2D eigenvalue weighted by Gasteiger charge is 2.35. The van der Waals surface area contributed by atoms with E-state index in [1.165, 1.54) is 43.3 Å². The number of ether oxygens (including phenoxy) is 4. The molecule has 3 aromatic rings. The third-order valence-corrected chi connectivity index (χ3v) is 9.62. The standard InChI is InChI=1S/C34H37F5N2O8S/c1-3-47-31(42)21-46-20-30(22-7-15-29(16-8-22)50(44,45)4-2)40-32(43)23-5-11-25(12-6-23)41-18-28(17-26(41)19-48-33(35)36)49-27-13-9-24(10-14-27)34(37,38)39/h5-16,26,28,30,33H,3-4,17-21H2,1-2H3,(H,40,43)/t26-,28-,30-/m0/s1. The van der Waals surface area contributed by atoms with Gasteiger partial charge < -0.3 is 29.2 Å². The number of esters is 1. The van der Waals surface area contributed by atoms with E-state index in [-0.39, 0.29) is 61.4 Å². The van der Waals surface area contributed by atoms with Crippen LogP contribution >= 0.6 is 0 Å². The zero-order chi connectivity index (χ0) is 36.5. The lowest BCUT2D eigenvalue weighted by Gasteiger charge is -2.26. The topological polar surface area (TPSA) is 120 Å². The van der Waals surface area contributed by atoms with Gasteiger partial charge >= 0.3 is 18.8 Å². The Kier molecular flexibility index (Phi) is 13.2. The number of benzene rings is 3. The summed E-state index contributed by atoms with van der Waals surface area (Å²) in [6.45, 7) is -0.331. The second-order valence-corrected chi connectivity index (χ2v) is 13.5. The molecule has 1 amide bonds. The number of halogens is 5. The molecule has 0 saturated carbocycles. The number of nitrogens with one attached hydrogen (secondary N) is 1. The van der Waals surface area contributed by atoms with E-state index in [0.717, 1.165) is 12.1 Å². The lowest BCUT2D eigenvalue weighted by Crippen LogP contribution is -2.34. The van der Waals surface area contributed by atoms with E-state index in [9.17, 15) is 40.0 Å². The Morgan fingerprint density at radius 1 is 0.960 bits per heavy atom. The molecule has 1 N–H and O–H groups in total. The summed E-state index contributed by atoms with van der Waals surface area (Å²) in [7, 11) is -3.46. The summed E-state index contributed by atoms with van der Waals surface area (Å²) in [6.07, 6.45) is -4.83. The second kappa shape index (κ2) is 17.1. The summed E-state index contributed by atoms with van der Waals surface area (Å²) in [6, 6.07) is 15.0. The van der Waals surface area contributed by atoms with Crippen molar-refractivity contribution in [3.05, 3.63) is 89.5 Å². The van der Waals surface area contributed by atoms with Gasteiger partial charge in [0.25, 0.3) is 5.91 Å². The predicted molar refractivity (Wildman–Crippen MR) is 172 cm³/mol. The maximum Gasteiger partial charge on any atom is 0.416 e. The Morgan fingerprint density at radius 3 is 2.20 bits per heavy atom. The van der Waals surface area contributed by atoms with Gasteiger partial charge in [-0.1, -0.05) is 19.1 Å². The van der Waals surface area contributed by atoms with Gasteiger partial charge in [0.1, 0.15) is 18.5 Å². The third-order valence-electron chi connectivity index (χ3n) is 7.87. The number of alkyl halides is 5. The van der Waals surface area contributed by atoms with Crippen molar-refractivity contribution in [1.82, 2.24) is 5.32 Å². The molecule has 1 saturated heterocycles. The molecule has 1 fully saturated rings. The van der Waals surface area contributed by atoms with Gasteiger partial charge in [-0.2, -0.15) is 22.0 Å². The van der Waals surface area contributed by atoms with Crippen LogP contribution in [0.1, 0.15) is 47.8 Å². The van der Waals surface area contributed by atoms with Gasteiger partial charge in [0, 0.05) is 17.7 Å². The Bertz CT molecular complexity index is 1670. The smallest absolute Gasteiger partial charge is 0.416 e. The molecule has 0 bridgehead atoms. The van der Waals surface area contributed by atoms with Crippen molar-refractivity contribution in [3.8, 4) is 5.75 Å². The van der Waals surface area contributed by atoms with Crippen molar-refractivity contribution in [2.45, 2.75) is 56.1 Å². The van der Waals surface area contributed by atoms with E-state index in [4.69, 9.17) is 14.2 Å². The molecule has 272 valence electrons. The summed E-state index contributed by atoms with van der Waals surface area (Å²) < 4.78 is 110. The average Bonchev–Trinajstić information content (AvgIpc) is 3.49. The van der Waals surface area contributed by atoms with Gasteiger partial charge in [0.2, 0.25) is 0 Å². The van der Waals surface area contributed by atoms with Crippen LogP contribution < -0.4 is 15.0 Å². The highest BCUT2D eigenvalue weighted by atomic mass is 32.2. The highest BCUT2D eigenvalue weighted by Crippen LogP contribution is 2.33. The molecule has 16 heteroatoms. The first-order chi connectivity index (χ1) is 23.7. The quantitative estimate of drug-likeness (QED) is 0.144. The van der Waals surface area contributed by atoms with Gasteiger partial charge in [-0.15, -0.1) is 0 Å². The lowest BCUT2D eigenvalue weighted by atomic mass is 10.1. The summed E-state index contributed by atoms with van der Waals surface area (Å²) in [5.41, 5.74) is 0.476. The molecule has 4 rings (SSSR count). The molecule has 0 radical (unpaired) electrons. The van der Waals surface area contributed by atoms with Crippen LogP contribution in [0, 0.1) is 0 Å². The molecule has 3 atom stereocenters. The largest absolute Gasteiger partial charge is 0.489 e. The molecule has 50 heavy (non-hydrogen) atoms. The molecular weight excluding hydrogens is 691 g/mol. The van der Waals surface area contributed by atoms with E-state index in [1.54, 1.807) is 36.1 Å². The second-order valence-electron chi connectivity index (χ2n) is 11.3. The molecule has 0 aliphatic carbocycles. The van der Waals surface area contributed by atoms with Crippen LogP contribution in [0.3, 0.4) is 0 Å². The third kappa shape index (κ3) is 10.6. The average molecular weight is 729 g/mol. The normalized spacial score (nSPS) is 17.1. The minimum Gasteiger partial charge on any atom is -0.489 e. The summed E-state index contributed by atoms with van der Waals surface area (Å²) in [4.78, 5) is 27.0. The first-order valence-electron chi connectivity index (χ1n) is 15.7. The number of rotatable bonds is 16. The summed E-state index contributed by atoms with van der Waals surface area (Å²) in [5, 5.41) is 2.83. The monoisotopic (exact) mass is 728 g/mol. The van der Waals surface area contributed by atoms with E-state index < -0.39 is 58.3 Å². The Hall–Kier alpha value is -4.28. The van der Waals surface area contributed by atoms with E-state index in [0.29, 0.717) is 11.3 Å². The SMILES string of the molecule is CCOC(=O)COC[C@H](NC(=O)c1ccc(N2C[C@@H](Oc3ccc(C(F)(F)F)cc3)C[C@H]2COC(F)F)cc1)c1ccc(S(=O)(=O)CC)cc1. The fraction of sp³-hybridized carbons (Fsp3) is 0.412. The summed E-state index contributed by atoms with van der Waals surface area (Å²) in [5.74, 6) is -1.01. The van der Waals surface area contributed by atoms with Crippen LogP contribution in [0.2, 0.25) is 0 Å². The minimum absolute atomic E-state index is 0.0879. The first-order valence-corrected chi connectivity index (χ1v) is 17.3. The number of nitrogens with zero attached hydrogens (tertiary/aromatic N) is 1. The van der Waals surface area contributed by atoms with Gasteiger partial charge in [0.05, 0.1) is 54.7 Å². The zero-order valence-corrected chi connectivity index (χ0v) is 28.0. The number of hydrogen-bond donors (Lipinski definition) is 1. The number of sulfone groups is 1. The molecule has 3 aromatic carbocycles. The molecule has 1 heterocycles. The van der Waals surface area contributed by atoms with Crippen molar-refractivity contribution in [2.75, 3.05) is 43.6 Å². The highest BCUT2D eigenvalue weighted by molar-refractivity contribution is 7.91. The van der Waals surface area contributed by atoms with E-state index in [1.807, 2.05) is 0 Å². The zero-order valence-electron chi connectivity index (χ0n) is 27.2. The van der Waals surface area contributed by atoms with Crippen LogP contribution in [0.15, 0.2) is 77.7 Å². The van der Waals surface area contributed by atoms with Gasteiger partial charge in [-0.25, -0.2) is 13.2 Å². The maximum absolute atomic E-state index is 13.4. The van der Waals surface area contributed by atoms with E-state index >= 15 is 0 Å². The van der Waals surface area contributed by atoms with Crippen molar-refractivity contribution in [1.29, 1.82) is 0 Å².